The van der Waals surface area contributed by atoms with Gasteiger partial charge in [0.1, 0.15) is 6.10 Å². The molecule has 118 valence electrons. The largest absolute Gasteiger partial charge is 0.387 e. The summed E-state index contributed by atoms with van der Waals surface area (Å²) in [5, 5.41) is 13.2. The Morgan fingerprint density at radius 3 is 2.90 bits per heavy atom. The molecular formula is C14H20Cl2N2O3. The van der Waals surface area contributed by atoms with Crippen molar-refractivity contribution < 1.29 is 14.6 Å². The van der Waals surface area contributed by atoms with Gasteiger partial charge in [0.2, 0.25) is 5.91 Å². The van der Waals surface area contributed by atoms with Gasteiger partial charge in [0.15, 0.2) is 0 Å². The average Bonchev–Trinajstić information content (AvgIpc) is 2.93. The van der Waals surface area contributed by atoms with E-state index in [0.717, 1.165) is 6.42 Å². The van der Waals surface area contributed by atoms with Crippen LogP contribution in [0.1, 0.15) is 24.5 Å². The second-order valence-corrected chi connectivity index (χ2v) is 5.31. The van der Waals surface area contributed by atoms with E-state index in [9.17, 15) is 9.90 Å². The number of ether oxygens (including phenoxy) is 1. The number of rotatable bonds is 5. The van der Waals surface area contributed by atoms with E-state index in [1.165, 1.54) is 0 Å². The van der Waals surface area contributed by atoms with Crippen LogP contribution in [0.3, 0.4) is 0 Å². The summed E-state index contributed by atoms with van der Waals surface area (Å²) in [5.41, 5.74) is 6.17. The van der Waals surface area contributed by atoms with Crippen LogP contribution in [0.25, 0.3) is 0 Å². The Labute approximate surface area is 135 Å². The van der Waals surface area contributed by atoms with Gasteiger partial charge in [-0.15, -0.1) is 12.4 Å². The maximum Gasteiger partial charge on any atom is 0.249 e. The molecule has 0 spiro atoms. The van der Waals surface area contributed by atoms with Crippen molar-refractivity contribution in [1.82, 2.24) is 5.32 Å². The normalized spacial score (nSPS) is 22.4. The molecule has 1 aliphatic rings. The number of amides is 1. The van der Waals surface area contributed by atoms with Crippen molar-refractivity contribution in [3.63, 3.8) is 0 Å². The van der Waals surface area contributed by atoms with Crippen LogP contribution >= 0.6 is 24.0 Å². The standard InChI is InChI=1S/C14H19ClN2O3.ClH/c15-10-3-1-2-9(6-10)12(18)8-17-14(19)13-5-4-11(7-16)20-13;/h1-3,6,11-13,18H,4-5,7-8,16H2,(H,17,19);1H/t11-,12?,13+;/m1./s1. The predicted octanol–water partition coefficient (Wildman–Crippen LogP) is 1.42. The Morgan fingerprint density at radius 2 is 2.29 bits per heavy atom. The summed E-state index contributed by atoms with van der Waals surface area (Å²) in [7, 11) is 0. The maximum atomic E-state index is 11.9. The van der Waals surface area contributed by atoms with Crippen LogP contribution in [0.2, 0.25) is 5.02 Å². The lowest BCUT2D eigenvalue weighted by Crippen LogP contribution is -2.37. The number of hydrogen-bond acceptors (Lipinski definition) is 4. The van der Waals surface area contributed by atoms with Crippen LogP contribution in [0.5, 0.6) is 0 Å². The van der Waals surface area contributed by atoms with Gasteiger partial charge >= 0.3 is 0 Å². The van der Waals surface area contributed by atoms with Crippen molar-refractivity contribution in [2.24, 2.45) is 5.73 Å². The zero-order valence-electron chi connectivity index (χ0n) is 11.5. The highest BCUT2D eigenvalue weighted by Crippen LogP contribution is 2.20. The summed E-state index contributed by atoms with van der Waals surface area (Å²) in [5.74, 6) is -0.206. The van der Waals surface area contributed by atoms with Crippen LogP contribution in [-0.4, -0.2) is 36.3 Å². The summed E-state index contributed by atoms with van der Waals surface area (Å²) >= 11 is 5.86. The molecule has 0 radical (unpaired) electrons. The van der Waals surface area contributed by atoms with Gasteiger partial charge in [0.05, 0.1) is 12.2 Å². The van der Waals surface area contributed by atoms with E-state index in [1.54, 1.807) is 24.3 Å². The summed E-state index contributed by atoms with van der Waals surface area (Å²) in [4.78, 5) is 11.9. The van der Waals surface area contributed by atoms with Crippen LogP contribution in [0, 0.1) is 0 Å². The molecule has 0 aliphatic carbocycles. The molecule has 1 unspecified atom stereocenters. The molecule has 4 N–H and O–H groups in total. The minimum atomic E-state index is -0.788. The first kappa shape index (κ1) is 18.2. The van der Waals surface area contributed by atoms with Crippen molar-refractivity contribution in [2.75, 3.05) is 13.1 Å². The first-order valence-corrected chi connectivity index (χ1v) is 7.04. The van der Waals surface area contributed by atoms with Crippen LogP contribution in [0.4, 0.5) is 0 Å². The number of nitrogens with one attached hydrogen (secondary N) is 1. The number of halogens is 2. The molecule has 2 rings (SSSR count). The van der Waals surface area contributed by atoms with Crippen LogP contribution in [0.15, 0.2) is 24.3 Å². The van der Waals surface area contributed by atoms with Gasteiger partial charge in [-0.25, -0.2) is 0 Å². The monoisotopic (exact) mass is 334 g/mol. The van der Waals surface area contributed by atoms with E-state index in [2.05, 4.69) is 5.32 Å². The number of aliphatic hydroxyl groups is 1. The third kappa shape index (κ3) is 5.13. The maximum absolute atomic E-state index is 11.9. The van der Waals surface area contributed by atoms with E-state index < -0.39 is 12.2 Å². The molecule has 1 amide bonds. The molecule has 0 bridgehead atoms. The Bertz CT molecular complexity index is 473. The summed E-state index contributed by atoms with van der Waals surface area (Å²) in [6.45, 7) is 0.557. The molecule has 1 aliphatic heterocycles. The van der Waals surface area contributed by atoms with E-state index in [4.69, 9.17) is 22.1 Å². The third-order valence-corrected chi connectivity index (χ3v) is 3.60. The van der Waals surface area contributed by atoms with Gasteiger partial charge in [-0.2, -0.15) is 0 Å². The molecule has 3 atom stereocenters. The highest BCUT2D eigenvalue weighted by Gasteiger charge is 2.29. The Hall–Kier alpha value is -0.850. The zero-order valence-corrected chi connectivity index (χ0v) is 13.1. The molecule has 0 saturated carbocycles. The van der Waals surface area contributed by atoms with Gasteiger partial charge in [-0.05, 0) is 30.5 Å². The van der Waals surface area contributed by atoms with Gasteiger partial charge < -0.3 is 20.9 Å². The first-order valence-electron chi connectivity index (χ1n) is 6.67. The fraction of sp³-hybridized carbons (Fsp3) is 0.500. The Morgan fingerprint density at radius 1 is 1.52 bits per heavy atom. The highest BCUT2D eigenvalue weighted by molar-refractivity contribution is 6.30. The van der Waals surface area contributed by atoms with Crippen molar-refractivity contribution >= 4 is 29.9 Å². The topological polar surface area (TPSA) is 84.6 Å². The lowest BCUT2D eigenvalue weighted by Gasteiger charge is -2.15. The fourth-order valence-corrected chi connectivity index (χ4v) is 2.41. The van der Waals surface area contributed by atoms with E-state index in [-0.39, 0.29) is 31.0 Å². The van der Waals surface area contributed by atoms with Crippen molar-refractivity contribution in [1.29, 1.82) is 0 Å². The van der Waals surface area contributed by atoms with Crippen molar-refractivity contribution in [2.45, 2.75) is 31.2 Å². The number of hydrogen-bond donors (Lipinski definition) is 3. The minimum Gasteiger partial charge on any atom is -0.387 e. The van der Waals surface area contributed by atoms with Gasteiger partial charge in [-0.3, -0.25) is 4.79 Å². The highest BCUT2D eigenvalue weighted by atomic mass is 35.5. The molecular weight excluding hydrogens is 315 g/mol. The van der Waals surface area contributed by atoms with Crippen LogP contribution < -0.4 is 11.1 Å². The quantitative estimate of drug-likeness (QED) is 0.760. The van der Waals surface area contributed by atoms with Crippen LogP contribution in [-0.2, 0) is 9.53 Å². The first-order chi connectivity index (χ1) is 9.60. The van der Waals surface area contributed by atoms with E-state index in [0.29, 0.717) is 23.6 Å². The summed E-state index contributed by atoms with van der Waals surface area (Å²) in [6.07, 6.45) is 0.176. The molecule has 21 heavy (non-hydrogen) atoms. The third-order valence-electron chi connectivity index (χ3n) is 3.37. The molecule has 0 aromatic heterocycles. The molecule has 1 aromatic carbocycles. The number of carbonyl (C=O) groups is 1. The zero-order chi connectivity index (χ0) is 14.5. The second kappa shape index (κ2) is 8.56. The average molecular weight is 335 g/mol. The number of aliphatic hydroxyl groups excluding tert-OH is 1. The summed E-state index contributed by atoms with van der Waals surface area (Å²) < 4.78 is 5.49. The summed E-state index contributed by atoms with van der Waals surface area (Å²) in [6, 6.07) is 6.93. The lowest BCUT2D eigenvalue weighted by atomic mass is 10.1. The fourth-order valence-electron chi connectivity index (χ4n) is 2.21. The van der Waals surface area contributed by atoms with Gasteiger partial charge in [0.25, 0.3) is 0 Å². The molecule has 7 heteroatoms. The molecule has 5 nitrogen and oxygen atoms in total. The minimum absolute atomic E-state index is 0. The lowest BCUT2D eigenvalue weighted by molar-refractivity contribution is -0.132. The van der Waals surface area contributed by atoms with Crippen molar-refractivity contribution in [3.05, 3.63) is 34.9 Å². The molecule has 1 fully saturated rings. The van der Waals surface area contributed by atoms with E-state index >= 15 is 0 Å². The molecule has 1 saturated heterocycles. The Kier molecular flexibility index (Phi) is 7.42. The smallest absolute Gasteiger partial charge is 0.249 e. The SMILES string of the molecule is Cl.NC[C@H]1CC[C@@H](C(=O)NCC(O)c2cccc(Cl)c2)O1. The number of carbonyl (C=O) groups excluding carboxylic acids is 1. The molecule has 1 aromatic rings. The number of benzene rings is 1. The van der Waals surface area contributed by atoms with Gasteiger partial charge in [-0.1, -0.05) is 23.7 Å². The number of nitrogens with two attached hydrogens (primary N) is 1. The van der Waals surface area contributed by atoms with E-state index in [1.807, 2.05) is 0 Å². The second-order valence-electron chi connectivity index (χ2n) is 4.88. The van der Waals surface area contributed by atoms with Crippen molar-refractivity contribution in [3.8, 4) is 0 Å². The Balaban J connectivity index is 0.00000220. The van der Waals surface area contributed by atoms with Gasteiger partial charge in [0, 0.05) is 18.1 Å². The molecule has 1 heterocycles. The predicted molar refractivity (Wildman–Crippen MR) is 83.6 cm³/mol.